The Bertz CT molecular complexity index is 455. The highest BCUT2D eigenvalue weighted by atomic mass is 16.7. The first-order valence-corrected chi connectivity index (χ1v) is 12.8. The molecule has 182 valence electrons. The van der Waals surface area contributed by atoms with E-state index in [-0.39, 0.29) is 18.2 Å². The van der Waals surface area contributed by atoms with E-state index in [0.29, 0.717) is 12.8 Å². The Balaban J connectivity index is 3.16. The maximum absolute atomic E-state index is 11.5. The molecule has 31 heavy (non-hydrogen) atoms. The van der Waals surface area contributed by atoms with Gasteiger partial charge in [-0.3, -0.25) is 9.59 Å². The maximum Gasteiger partial charge on any atom is 0.331 e. The summed E-state index contributed by atoms with van der Waals surface area (Å²) in [5.74, 6) is -0.423. The molecule has 0 aliphatic heterocycles. The maximum atomic E-state index is 11.5. The first-order chi connectivity index (χ1) is 15.1. The summed E-state index contributed by atoms with van der Waals surface area (Å²) in [4.78, 5) is 38.3. The van der Waals surface area contributed by atoms with E-state index < -0.39 is 5.97 Å². The molecule has 0 saturated carbocycles. The highest BCUT2D eigenvalue weighted by Gasteiger charge is 2.04. The molecule has 0 radical (unpaired) electrons. The highest BCUT2D eigenvalue weighted by molar-refractivity contribution is 5.77. The number of carbonyl (C=O) groups is 3. The summed E-state index contributed by atoms with van der Waals surface area (Å²) in [6.07, 6.45) is 21.2. The second-order valence-electron chi connectivity index (χ2n) is 8.46. The van der Waals surface area contributed by atoms with Crippen LogP contribution in [0.15, 0.2) is 0 Å². The van der Waals surface area contributed by atoms with Crippen molar-refractivity contribution < 1.29 is 19.2 Å². The molecule has 0 bridgehead atoms. The summed E-state index contributed by atoms with van der Waals surface area (Å²) in [5.41, 5.74) is 2.19. The summed E-state index contributed by atoms with van der Waals surface area (Å²) >= 11 is 0. The third kappa shape index (κ3) is 22.9. The van der Waals surface area contributed by atoms with Gasteiger partial charge in [0.1, 0.15) is 0 Å². The molecule has 0 spiro atoms. The number of hydroxylamine groups is 1. The highest BCUT2D eigenvalue weighted by Crippen LogP contribution is 2.14. The Morgan fingerprint density at radius 1 is 0.548 bits per heavy atom. The molecule has 2 amide bonds. The zero-order chi connectivity index (χ0) is 23.0. The Kier molecular flexibility index (Phi) is 21.9. The molecule has 6 heteroatoms. The summed E-state index contributed by atoms with van der Waals surface area (Å²) in [6, 6.07) is 0. The van der Waals surface area contributed by atoms with Crippen LogP contribution < -0.4 is 10.8 Å². The Hall–Kier alpha value is -1.59. The van der Waals surface area contributed by atoms with Crippen molar-refractivity contribution in [2.45, 2.75) is 136 Å². The average molecular weight is 441 g/mol. The van der Waals surface area contributed by atoms with Crippen LogP contribution in [0.2, 0.25) is 0 Å². The first kappa shape index (κ1) is 29.4. The lowest BCUT2D eigenvalue weighted by Gasteiger charge is -2.05. The van der Waals surface area contributed by atoms with Crippen molar-refractivity contribution in [3.63, 3.8) is 0 Å². The quantitative estimate of drug-likeness (QED) is 0.166. The van der Waals surface area contributed by atoms with E-state index in [1.54, 1.807) is 6.92 Å². The van der Waals surface area contributed by atoms with Gasteiger partial charge in [-0.25, -0.2) is 4.79 Å². The fraction of sp³-hybridized carbons (Fsp3) is 0.880. The molecule has 0 saturated heterocycles. The SMILES string of the molecule is CCNC(=O)CCCCCCCCCCCCCCCCCCC(=O)NOC(=O)CC. The minimum atomic E-state index is -0.408. The Morgan fingerprint density at radius 3 is 1.26 bits per heavy atom. The standard InChI is InChI=1S/C25H48N2O4/c1-3-25(30)31-27-24(29)22-20-18-16-14-12-10-8-6-5-7-9-11-13-15-17-19-21-23(28)26-4-2/h3-22H2,1-2H3,(H,26,28)(H,27,29). The van der Waals surface area contributed by atoms with Crippen LogP contribution in [0.25, 0.3) is 0 Å². The van der Waals surface area contributed by atoms with Crippen molar-refractivity contribution in [1.82, 2.24) is 10.8 Å². The molecule has 0 aliphatic carbocycles. The van der Waals surface area contributed by atoms with Crippen LogP contribution in [0.4, 0.5) is 0 Å². The van der Waals surface area contributed by atoms with Gasteiger partial charge in [-0.05, 0) is 19.8 Å². The van der Waals surface area contributed by atoms with Gasteiger partial charge in [0.2, 0.25) is 5.91 Å². The van der Waals surface area contributed by atoms with Gasteiger partial charge in [0, 0.05) is 25.8 Å². The number of hydrogen-bond acceptors (Lipinski definition) is 4. The largest absolute Gasteiger partial charge is 0.356 e. The molecule has 0 rings (SSSR count). The summed E-state index contributed by atoms with van der Waals surface area (Å²) in [7, 11) is 0. The van der Waals surface area contributed by atoms with E-state index >= 15 is 0 Å². The van der Waals surface area contributed by atoms with Crippen molar-refractivity contribution in [2.24, 2.45) is 0 Å². The summed E-state index contributed by atoms with van der Waals surface area (Å²) in [6.45, 7) is 4.39. The minimum Gasteiger partial charge on any atom is -0.356 e. The van der Waals surface area contributed by atoms with E-state index in [0.717, 1.165) is 25.8 Å². The summed E-state index contributed by atoms with van der Waals surface area (Å²) in [5, 5.41) is 2.85. The molecular formula is C25H48N2O4. The second-order valence-corrected chi connectivity index (χ2v) is 8.46. The van der Waals surface area contributed by atoms with Crippen LogP contribution in [-0.4, -0.2) is 24.3 Å². The average Bonchev–Trinajstić information content (AvgIpc) is 2.76. The normalized spacial score (nSPS) is 10.6. The molecular weight excluding hydrogens is 392 g/mol. The van der Waals surface area contributed by atoms with Crippen LogP contribution in [0.1, 0.15) is 136 Å². The zero-order valence-corrected chi connectivity index (χ0v) is 20.3. The monoisotopic (exact) mass is 440 g/mol. The number of rotatable bonds is 21. The molecule has 0 unspecified atom stereocenters. The molecule has 0 aromatic carbocycles. The van der Waals surface area contributed by atoms with Gasteiger partial charge in [-0.1, -0.05) is 96.8 Å². The topological polar surface area (TPSA) is 84.5 Å². The van der Waals surface area contributed by atoms with Crippen LogP contribution in [-0.2, 0) is 19.2 Å². The van der Waals surface area contributed by atoms with E-state index in [1.807, 2.05) is 6.92 Å². The van der Waals surface area contributed by atoms with Gasteiger partial charge in [0.05, 0.1) is 0 Å². The first-order valence-electron chi connectivity index (χ1n) is 12.8. The number of carbonyl (C=O) groups excluding carboxylic acids is 3. The van der Waals surface area contributed by atoms with Gasteiger partial charge < -0.3 is 10.2 Å². The zero-order valence-electron chi connectivity index (χ0n) is 20.3. The second kappa shape index (κ2) is 23.1. The summed E-state index contributed by atoms with van der Waals surface area (Å²) < 4.78 is 0. The smallest absolute Gasteiger partial charge is 0.331 e. The van der Waals surface area contributed by atoms with Gasteiger partial charge in [-0.15, -0.1) is 0 Å². The van der Waals surface area contributed by atoms with Crippen molar-refractivity contribution in [3.8, 4) is 0 Å². The van der Waals surface area contributed by atoms with Crippen molar-refractivity contribution in [3.05, 3.63) is 0 Å². The lowest BCUT2D eigenvalue weighted by atomic mass is 10.0. The number of unbranched alkanes of at least 4 members (excludes halogenated alkanes) is 15. The fourth-order valence-electron chi connectivity index (χ4n) is 3.57. The minimum absolute atomic E-state index is 0.194. The molecule has 0 aliphatic rings. The van der Waals surface area contributed by atoms with Crippen LogP contribution >= 0.6 is 0 Å². The van der Waals surface area contributed by atoms with Crippen molar-refractivity contribution in [2.75, 3.05) is 6.54 Å². The van der Waals surface area contributed by atoms with E-state index in [2.05, 4.69) is 15.6 Å². The van der Waals surface area contributed by atoms with Crippen LogP contribution in [0, 0.1) is 0 Å². The lowest BCUT2D eigenvalue weighted by Crippen LogP contribution is -2.26. The number of amides is 2. The lowest BCUT2D eigenvalue weighted by molar-refractivity contribution is -0.158. The van der Waals surface area contributed by atoms with Crippen LogP contribution in [0.3, 0.4) is 0 Å². The fourth-order valence-corrected chi connectivity index (χ4v) is 3.57. The van der Waals surface area contributed by atoms with Gasteiger partial charge in [0.15, 0.2) is 0 Å². The molecule has 0 fully saturated rings. The molecule has 0 aromatic heterocycles. The van der Waals surface area contributed by atoms with E-state index in [1.165, 1.54) is 83.5 Å². The Morgan fingerprint density at radius 2 is 0.903 bits per heavy atom. The van der Waals surface area contributed by atoms with E-state index in [4.69, 9.17) is 0 Å². The number of nitrogens with one attached hydrogen (secondary N) is 2. The van der Waals surface area contributed by atoms with Gasteiger partial charge in [-0.2, -0.15) is 5.48 Å². The van der Waals surface area contributed by atoms with Crippen LogP contribution in [0.5, 0.6) is 0 Å². The number of hydrogen-bond donors (Lipinski definition) is 2. The predicted molar refractivity (Wildman–Crippen MR) is 126 cm³/mol. The third-order valence-corrected chi connectivity index (χ3v) is 5.50. The molecule has 0 atom stereocenters. The van der Waals surface area contributed by atoms with Gasteiger partial charge in [0.25, 0.3) is 5.91 Å². The molecule has 6 nitrogen and oxygen atoms in total. The van der Waals surface area contributed by atoms with Crippen molar-refractivity contribution in [1.29, 1.82) is 0 Å². The molecule has 0 heterocycles. The van der Waals surface area contributed by atoms with E-state index in [9.17, 15) is 14.4 Å². The molecule has 0 aromatic rings. The van der Waals surface area contributed by atoms with Crippen molar-refractivity contribution >= 4 is 17.8 Å². The predicted octanol–water partition coefficient (Wildman–Crippen LogP) is 6.13. The van der Waals surface area contributed by atoms with Gasteiger partial charge >= 0.3 is 5.97 Å². The third-order valence-electron chi connectivity index (χ3n) is 5.50. The molecule has 2 N–H and O–H groups in total. The Labute approximate surface area is 190 Å².